The van der Waals surface area contributed by atoms with Crippen molar-refractivity contribution in [3.05, 3.63) is 71.8 Å². The molecule has 324 valence electrons. The highest BCUT2D eigenvalue weighted by molar-refractivity contribution is 6.02. The van der Waals surface area contributed by atoms with E-state index in [-0.39, 0.29) is 33.5 Å². The van der Waals surface area contributed by atoms with Crippen LogP contribution in [0.15, 0.2) is 60.7 Å². The Bertz CT molecular complexity index is 2520. The molecule has 12 nitrogen and oxygen atoms in total. The highest BCUT2D eigenvalue weighted by Gasteiger charge is 2.90. The molecule has 0 bridgehead atoms. The van der Waals surface area contributed by atoms with Crippen LogP contribution in [-0.2, 0) is 28.5 Å². The highest BCUT2D eigenvalue weighted by Crippen LogP contribution is 2.87. The lowest BCUT2D eigenvalue weighted by molar-refractivity contribution is -0.149. The second-order valence-electron chi connectivity index (χ2n) is 21.8. The van der Waals surface area contributed by atoms with Crippen LogP contribution < -0.4 is 0 Å². The topological polar surface area (TPSA) is 146 Å². The number of carbonyl (C=O) groups is 6. The number of benzene rings is 3. The minimum absolute atomic E-state index is 0.0267. The van der Waals surface area contributed by atoms with E-state index in [1.807, 2.05) is 77.9 Å². The molecule has 2 saturated heterocycles. The van der Waals surface area contributed by atoms with Crippen LogP contribution in [0.1, 0.15) is 114 Å². The molecule has 3 unspecified atom stereocenters. The van der Waals surface area contributed by atoms with E-state index in [1.54, 1.807) is 34.1 Å². The molecule has 2 amide bonds. The van der Waals surface area contributed by atoms with Crippen LogP contribution in [0.2, 0.25) is 0 Å². The highest BCUT2D eigenvalue weighted by atomic mass is 16.6. The molecule has 2 aliphatic heterocycles. The number of nitrogens with zero attached hydrogens (tertiary/aromatic N) is 2. The van der Waals surface area contributed by atoms with Gasteiger partial charge in [0.15, 0.2) is 24.8 Å². The van der Waals surface area contributed by atoms with Crippen molar-refractivity contribution in [3.63, 3.8) is 0 Å². The molecule has 11 rings (SSSR count). The molecular weight excluding hydrogens is 789 g/mol. The first-order valence-corrected chi connectivity index (χ1v) is 22.4. The number of ketones is 2. The van der Waals surface area contributed by atoms with Gasteiger partial charge in [-0.05, 0) is 161 Å². The Labute approximate surface area is 360 Å². The first-order valence-electron chi connectivity index (χ1n) is 22.4. The van der Waals surface area contributed by atoms with Crippen molar-refractivity contribution in [1.29, 1.82) is 0 Å². The number of amides is 2. The SMILES string of the molecule is CC(C)(C)OC(=O)N1[C@H](C(=O)OCC(=O)c2ccc3cc(-c4ccc(C(=O)COC(=O)[C@@H]5C[C@@]67C[C@@H]6C[C@@H]6CC67N5C(=O)OC(C)(C)C)cc4)ccc3c2)CC23C[C@@H]2C[C@@H]2CC213. The van der Waals surface area contributed by atoms with Gasteiger partial charge in [-0.2, -0.15) is 0 Å². The van der Waals surface area contributed by atoms with Crippen molar-refractivity contribution >= 4 is 46.5 Å². The maximum absolute atomic E-state index is 13.6. The summed E-state index contributed by atoms with van der Waals surface area (Å²) in [6, 6.07) is 16.8. The number of fused-ring (bicyclic) bond motifs is 1. The largest absolute Gasteiger partial charge is 0.456 e. The first kappa shape index (κ1) is 39.6. The molecule has 8 aliphatic rings. The van der Waals surface area contributed by atoms with Crippen LogP contribution in [-0.4, -0.2) is 93.1 Å². The van der Waals surface area contributed by atoms with Crippen molar-refractivity contribution in [2.24, 2.45) is 34.5 Å². The third-order valence-corrected chi connectivity index (χ3v) is 16.2. The van der Waals surface area contributed by atoms with Gasteiger partial charge in [0.2, 0.25) is 0 Å². The van der Waals surface area contributed by atoms with Crippen LogP contribution in [0.3, 0.4) is 0 Å². The molecular formula is C50H54N2O10. The summed E-state index contributed by atoms with van der Waals surface area (Å²) >= 11 is 0. The van der Waals surface area contributed by atoms with Gasteiger partial charge in [0.1, 0.15) is 23.3 Å². The molecule has 12 heteroatoms. The van der Waals surface area contributed by atoms with Crippen molar-refractivity contribution in [3.8, 4) is 11.1 Å². The minimum atomic E-state index is -0.761. The number of ether oxygens (including phenoxy) is 4. The summed E-state index contributed by atoms with van der Waals surface area (Å²) in [6.07, 6.45) is 6.21. The van der Waals surface area contributed by atoms with E-state index in [2.05, 4.69) is 0 Å². The zero-order valence-corrected chi connectivity index (χ0v) is 36.3. The summed E-state index contributed by atoms with van der Waals surface area (Å²) in [6.45, 7) is 10.1. The quantitative estimate of drug-likeness (QED) is 0.117. The summed E-state index contributed by atoms with van der Waals surface area (Å²) in [5, 5.41) is 1.73. The molecule has 3 aromatic rings. The van der Waals surface area contributed by atoms with Crippen molar-refractivity contribution in [2.75, 3.05) is 13.2 Å². The van der Waals surface area contributed by atoms with Crippen molar-refractivity contribution in [1.82, 2.24) is 9.80 Å². The molecule has 2 heterocycles. The van der Waals surface area contributed by atoms with Gasteiger partial charge in [0.25, 0.3) is 0 Å². The number of esters is 2. The van der Waals surface area contributed by atoms with E-state index >= 15 is 0 Å². The zero-order valence-electron chi connectivity index (χ0n) is 36.3. The van der Waals surface area contributed by atoms with Gasteiger partial charge in [0.05, 0.1) is 11.1 Å². The number of rotatable bonds is 9. The molecule has 62 heavy (non-hydrogen) atoms. The molecule has 6 aliphatic carbocycles. The molecule has 0 radical (unpaired) electrons. The number of hydrogen-bond donors (Lipinski definition) is 0. The Morgan fingerprint density at radius 1 is 0.532 bits per heavy atom. The van der Waals surface area contributed by atoms with Gasteiger partial charge < -0.3 is 18.9 Å². The Hall–Kier alpha value is -5.26. The molecule has 6 saturated carbocycles. The maximum atomic E-state index is 13.6. The Morgan fingerprint density at radius 3 is 1.47 bits per heavy atom. The van der Waals surface area contributed by atoms with E-state index in [0.717, 1.165) is 60.4 Å². The van der Waals surface area contributed by atoms with Gasteiger partial charge in [-0.25, -0.2) is 19.2 Å². The molecule has 8 fully saturated rings. The lowest BCUT2D eigenvalue weighted by Gasteiger charge is -2.33. The summed E-state index contributed by atoms with van der Waals surface area (Å²) in [5.41, 5.74) is 0.517. The first-order chi connectivity index (χ1) is 29.3. The number of Topliss-reactive ketones (excluding diaryl/α,β-unsaturated/α-hetero) is 2. The fraction of sp³-hybridized carbons (Fsp3) is 0.560. The fourth-order valence-electron chi connectivity index (χ4n) is 13.5. The standard InChI is InChI=1S/C50H54N2O10/c1-45(2,3)61-43(57)51-37(23-47-19-33(47)17-35-21-49(35,47)51)41(55)59-25-39(53)28-9-7-27(8-10-28)29-11-12-31-16-32(14-13-30(31)15-29)40(54)26-60-42(56)38-24-48-20-34(48)18-36-22-50(36,48)52(38)44(58)62-46(4,5)6/h7-16,33-38H,17-26H2,1-6H3/t33-,34-,35+,36+,37-,38-,47-,48?,49?,50?/m0/s1. The van der Waals surface area contributed by atoms with E-state index < -0.39 is 60.6 Å². The molecule has 3 aromatic carbocycles. The lowest BCUT2D eigenvalue weighted by atomic mass is 9.93. The van der Waals surface area contributed by atoms with Gasteiger partial charge in [-0.1, -0.05) is 48.5 Å². The molecule has 0 N–H and O–H groups in total. The Kier molecular flexibility index (Phi) is 8.10. The van der Waals surface area contributed by atoms with Gasteiger partial charge in [0, 0.05) is 11.1 Å². The Morgan fingerprint density at radius 2 is 0.968 bits per heavy atom. The van der Waals surface area contributed by atoms with Crippen LogP contribution in [0.25, 0.3) is 21.9 Å². The number of carbonyl (C=O) groups excluding carboxylic acids is 6. The smallest absolute Gasteiger partial charge is 0.411 e. The second-order valence-corrected chi connectivity index (χ2v) is 21.8. The number of likely N-dealkylation sites (tertiary alicyclic amines) is 2. The van der Waals surface area contributed by atoms with E-state index in [4.69, 9.17) is 18.9 Å². The predicted octanol–water partition coefficient (Wildman–Crippen LogP) is 8.31. The van der Waals surface area contributed by atoms with E-state index in [1.165, 1.54) is 0 Å². The fourth-order valence-corrected chi connectivity index (χ4v) is 13.5. The molecule has 4 spiro atoms. The summed E-state index contributed by atoms with van der Waals surface area (Å²) in [5.74, 6) is 0.0998. The minimum Gasteiger partial charge on any atom is -0.456 e. The van der Waals surface area contributed by atoms with Crippen LogP contribution >= 0.6 is 0 Å². The third-order valence-electron chi connectivity index (χ3n) is 16.2. The molecule has 0 aromatic heterocycles. The third kappa shape index (κ3) is 5.69. The normalized spacial score (nSPS) is 34.8. The summed E-state index contributed by atoms with van der Waals surface area (Å²) in [4.78, 5) is 84.2. The maximum Gasteiger partial charge on any atom is 0.411 e. The monoisotopic (exact) mass is 842 g/mol. The predicted molar refractivity (Wildman–Crippen MR) is 225 cm³/mol. The van der Waals surface area contributed by atoms with Crippen molar-refractivity contribution in [2.45, 2.75) is 127 Å². The van der Waals surface area contributed by atoms with Crippen molar-refractivity contribution < 1.29 is 47.7 Å². The van der Waals surface area contributed by atoms with Gasteiger partial charge >= 0.3 is 24.1 Å². The Balaban J connectivity index is 0.710. The lowest BCUT2D eigenvalue weighted by Crippen LogP contribution is -2.50. The van der Waals surface area contributed by atoms with E-state index in [9.17, 15) is 28.8 Å². The average Bonchev–Trinajstić information content (AvgIpc) is 4.17. The number of hydrogen-bond acceptors (Lipinski definition) is 10. The van der Waals surface area contributed by atoms with Crippen LogP contribution in [0.5, 0.6) is 0 Å². The summed E-state index contributed by atoms with van der Waals surface area (Å²) in [7, 11) is 0. The van der Waals surface area contributed by atoms with E-state index in [0.29, 0.717) is 47.6 Å². The van der Waals surface area contributed by atoms with Gasteiger partial charge in [-0.3, -0.25) is 19.4 Å². The second kappa shape index (κ2) is 12.7. The average molecular weight is 843 g/mol. The zero-order chi connectivity index (χ0) is 43.5. The van der Waals surface area contributed by atoms with Crippen LogP contribution in [0.4, 0.5) is 9.59 Å². The van der Waals surface area contributed by atoms with Gasteiger partial charge in [-0.15, -0.1) is 0 Å². The van der Waals surface area contributed by atoms with Crippen LogP contribution in [0, 0.1) is 34.5 Å². The molecule has 10 atom stereocenters. The summed E-state index contributed by atoms with van der Waals surface area (Å²) < 4.78 is 22.9.